The van der Waals surface area contributed by atoms with E-state index in [-0.39, 0.29) is 23.2 Å². The van der Waals surface area contributed by atoms with Crippen LogP contribution < -0.4 is 5.32 Å². The van der Waals surface area contributed by atoms with Crippen molar-refractivity contribution in [1.82, 2.24) is 15.5 Å². The number of aromatic nitrogens is 2. The Hall–Kier alpha value is -2.96. The lowest BCUT2D eigenvalue weighted by Crippen LogP contribution is -2.26. The van der Waals surface area contributed by atoms with Crippen molar-refractivity contribution in [1.29, 1.82) is 0 Å². The van der Waals surface area contributed by atoms with Crippen LogP contribution in [0.3, 0.4) is 0 Å². The summed E-state index contributed by atoms with van der Waals surface area (Å²) < 4.78 is 23.9. The number of carbonyl (C=O) groups is 1. The molecule has 0 radical (unpaired) electrons. The van der Waals surface area contributed by atoms with Gasteiger partial charge in [-0.1, -0.05) is 11.2 Å². The number of nitrogens with zero attached hydrogens (tertiary/aromatic N) is 2. The lowest BCUT2D eigenvalue weighted by atomic mass is 10.1. The smallest absolute Gasteiger partial charge is 0.255 e. The minimum absolute atomic E-state index is 0.141. The van der Waals surface area contributed by atoms with Gasteiger partial charge in [0, 0.05) is 0 Å². The van der Waals surface area contributed by atoms with Crippen LogP contribution in [0.5, 0.6) is 0 Å². The Morgan fingerprint density at radius 2 is 2.17 bits per heavy atom. The standard InChI is InChI=1S/C16H14FN3O3/c1-9-3-4-12(13(17)7-9)14-19-16(23-20-14)10(2)18-15(21)11-5-6-22-8-11/h3-8,10H,1-2H3,(H,18,21). The molecule has 0 spiro atoms. The summed E-state index contributed by atoms with van der Waals surface area (Å²) in [4.78, 5) is 16.1. The van der Waals surface area contributed by atoms with Crippen molar-refractivity contribution in [2.45, 2.75) is 19.9 Å². The molecule has 1 aromatic carbocycles. The molecule has 3 rings (SSSR count). The minimum atomic E-state index is -0.521. The highest BCUT2D eigenvalue weighted by Gasteiger charge is 2.19. The third-order valence-electron chi connectivity index (χ3n) is 3.31. The van der Waals surface area contributed by atoms with Gasteiger partial charge in [-0.3, -0.25) is 4.79 Å². The average Bonchev–Trinajstić information content (AvgIpc) is 3.19. The van der Waals surface area contributed by atoms with Gasteiger partial charge in [-0.05, 0) is 37.6 Å². The number of halogens is 1. The van der Waals surface area contributed by atoms with Crippen LogP contribution in [0.15, 0.2) is 45.7 Å². The summed E-state index contributed by atoms with van der Waals surface area (Å²) in [5, 5.41) is 6.47. The number of hydrogen-bond acceptors (Lipinski definition) is 5. The molecule has 118 valence electrons. The van der Waals surface area contributed by atoms with Crippen LogP contribution in [-0.4, -0.2) is 16.0 Å². The van der Waals surface area contributed by atoms with E-state index in [0.29, 0.717) is 5.56 Å². The van der Waals surface area contributed by atoms with Crippen LogP contribution in [0.25, 0.3) is 11.4 Å². The van der Waals surface area contributed by atoms with Crippen LogP contribution in [0.2, 0.25) is 0 Å². The van der Waals surface area contributed by atoms with Crippen molar-refractivity contribution in [3.63, 3.8) is 0 Å². The van der Waals surface area contributed by atoms with Gasteiger partial charge in [0.2, 0.25) is 11.7 Å². The summed E-state index contributed by atoms with van der Waals surface area (Å²) >= 11 is 0. The molecule has 23 heavy (non-hydrogen) atoms. The molecule has 0 saturated heterocycles. The van der Waals surface area contributed by atoms with Gasteiger partial charge in [-0.15, -0.1) is 0 Å². The van der Waals surface area contributed by atoms with E-state index in [9.17, 15) is 9.18 Å². The quantitative estimate of drug-likeness (QED) is 0.799. The molecule has 2 heterocycles. The molecule has 0 fully saturated rings. The molecule has 1 N–H and O–H groups in total. The minimum Gasteiger partial charge on any atom is -0.472 e. The zero-order valence-electron chi connectivity index (χ0n) is 12.5. The Bertz CT molecular complexity index is 827. The van der Waals surface area contributed by atoms with E-state index < -0.39 is 11.9 Å². The second-order valence-electron chi connectivity index (χ2n) is 5.15. The zero-order valence-corrected chi connectivity index (χ0v) is 12.5. The molecule has 0 saturated carbocycles. The highest BCUT2D eigenvalue weighted by molar-refractivity contribution is 5.93. The predicted octanol–water partition coefficient (Wildman–Crippen LogP) is 3.27. The fourth-order valence-electron chi connectivity index (χ4n) is 2.06. The number of aryl methyl sites for hydroxylation is 1. The number of rotatable bonds is 4. The zero-order chi connectivity index (χ0) is 16.4. The highest BCUT2D eigenvalue weighted by atomic mass is 19.1. The fraction of sp³-hybridized carbons (Fsp3) is 0.188. The van der Waals surface area contributed by atoms with Crippen molar-refractivity contribution < 1.29 is 18.1 Å². The number of benzene rings is 1. The van der Waals surface area contributed by atoms with Gasteiger partial charge in [0.1, 0.15) is 18.1 Å². The van der Waals surface area contributed by atoms with Crippen LogP contribution in [0.1, 0.15) is 34.8 Å². The Balaban J connectivity index is 1.77. The van der Waals surface area contributed by atoms with Gasteiger partial charge in [0.15, 0.2) is 0 Å². The van der Waals surface area contributed by atoms with Gasteiger partial charge < -0.3 is 14.3 Å². The molecule has 1 amide bonds. The molecular weight excluding hydrogens is 301 g/mol. The third-order valence-corrected chi connectivity index (χ3v) is 3.31. The van der Waals surface area contributed by atoms with E-state index in [1.807, 2.05) is 0 Å². The van der Waals surface area contributed by atoms with E-state index >= 15 is 0 Å². The summed E-state index contributed by atoms with van der Waals surface area (Å²) in [6, 6.07) is 5.78. The molecule has 1 unspecified atom stereocenters. The van der Waals surface area contributed by atoms with Crippen molar-refractivity contribution in [2.24, 2.45) is 0 Å². The van der Waals surface area contributed by atoms with Crippen LogP contribution in [0.4, 0.5) is 4.39 Å². The molecule has 0 aliphatic heterocycles. The van der Waals surface area contributed by atoms with Gasteiger partial charge >= 0.3 is 0 Å². The second-order valence-corrected chi connectivity index (χ2v) is 5.15. The maximum atomic E-state index is 13.9. The summed E-state index contributed by atoms with van der Waals surface area (Å²) in [7, 11) is 0. The lowest BCUT2D eigenvalue weighted by Gasteiger charge is -2.07. The molecule has 3 aromatic rings. The average molecular weight is 315 g/mol. The van der Waals surface area contributed by atoms with E-state index in [0.717, 1.165) is 5.56 Å². The maximum absolute atomic E-state index is 13.9. The molecule has 7 heteroatoms. The SMILES string of the molecule is Cc1ccc(-c2noc(C(C)NC(=O)c3ccoc3)n2)c(F)c1. The molecule has 0 aliphatic rings. The molecule has 2 aromatic heterocycles. The molecule has 1 atom stereocenters. The second kappa shape index (κ2) is 6.04. The summed E-state index contributed by atoms with van der Waals surface area (Å²) in [6.45, 7) is 3.49. The van der Waals surface area contributed by atoms with Crippen molar-refractivity contribution in [3.05, 3.63) is 59.6 Å². The fourth-order valence-corrected chi connectivity index (χ4v) is 2.06. The number of hydrogen-bond donors (Lipinski definition) is 1. The van der Waals surface area contributed by atoms with Gasteiger partial charge in [-0.25, -0.2) is 4.39 Å². The monoisotopic (exact) mass is 315 g/mol. The maximum Gasteiger partial charge on any atom is 0.255 e. The summed E-state index contributed by atoms with van der Waals surface area (Å²) in [6.07, 6.45) is 2.74. The molecular formula is C16H14FN3O3. The molecule has 0 aliphatic carbocycles. The Labute approximate surface area is 131 Å². The number of nitrogens with one attached hydrogen (secondary N) is 1. The molecule has 6 nitrogen and oxygen atoms in total. The number of carbonyl (C=O) groups excluding carboxylic acids is 1. The lowest BCUT2D eigenvalue weighted by molar-refractivity contribution is 0.0932. The van der Waals surface area contributed by atoms with Crippen molar-refractivity contribution in [2.75, 3.05) is 0 Å². The Morgan fingerprint density at radius 1 is 1.35 bits per heavy atom. The number of furan rings is 1. The predicted molar refractivity (Wildman–Crippen MR) is 79.0 cm³/mol. The van der Waals surface area contributed by atoms with Gasteiger partial charge in [-0.2, -0.15) is 4.98 Å². The van der Waals surface area contributed by atoms with Crippen LogP contribution >= 0.6 is 0 Å². The highest BCUT2D eigenvalue weighted by Crippen LogP contribution is 2.22. The van der Waals surface area contributed by atoms with Crippen molar-refractivity contribution in [3.8, 4) is 11.4 Å². The van der Waals surface area contributed by atoms with E-state index in [4.69, 9.17) is 8.94 Å². The largest absolute Gasteiger partial charge is 0.472 e. The summed E-state index contributed by atoms with van der Waals surface area (Å²) in [5.41, 5.74) is 1.44. The topological polar surface area (TPSA) is 81.2 Å². The first-order valence-corrected chi connectivity index (χ1v) is 6.98. The third kappa shape index (κ3) is 3.13. The van der Waals surface area contributed by atoms with E-state index in [2.05, 4.69) is 15.5 Å². The molecule has 0 bridgehead atoms. The van der Waals surface area contributed by atoms with E-state index in [1.165, 1.54) is 18.6 Å². The van der Waals surface area contributed by atoms with Gasteiger partial charge in [0.25, 0.3) is 5.91 Å². The van der Waals surface area contributed by atoms with Gasteiger partial charge in [0.05, 0.1) is 17.4 Å². The number of amides is 1. The first-order chi connectivity index (χ1) is 11.0. The first kappa shape index (κ1) is 15.0. The van der Waals surface area contributed by atoms with E-state index in [1.54, 1.807) is 32.0 Å². The van der Waals surface area contributed by atoms with Crippen molar-refractivity contribution >= 4 is 5.91 Å². The van der Waals surface area contributed by atoms with Crippen LogP contribution in [0, 0.1) is 12.7 Å². The normalized spacial score (nSPS) is 12.1. The van der Waals surface area contributed by atoms with Crippen LogP contribution in [-0.2, 0) is 0 Å². The first-order valence-electron chi connectivity index (χ1n) is 6.98. The Kier molecular flexibility index (Phi) is 3.92. The summed E-state index contributed by atoms with van der Waals surface area (Å²) in [5.74, 6) is -0.418. The Morgan fingerprint density at radius 3 is 2.87 bits per heavy atom.